The van der Waals surface area contributed by atoms with Crippen molar-refractivity contribution in [1.29, 1.82) is 0 Å². The molecule has 0 radical (unpaired) electrons. The first kappa shape index (κ1) is 16.7. The molecule has 1 rings (SSSR count). The predicted molar refractivity (Wildman–Crippen MR) is 79.6 cm³/mol. The third-order valence-corrected chi connectivity index (χ3v) is 3.97. The van der Waals surface area contributed by atoms with Gasteiger partial charge in [0.15, 0.2) is 0 Å². The second kappa shape index (κ2) is 6.37. The number of carbonyl (C=O) groups is 1. The van der Waals surface area contributed by atoms with Gasteiger partial charge in [0, 0.05) is 12.1 Å². The summed E-state index contributed by atoms with van der Waals surface area (Å²) < 4.78 is 4.88. The van der Waals surface area contributed by atoms with Crippen LogP contribution in [0.5, 0.6) is 0 Å². The van der Waals surface area contributed by atoms with Crippen molar-refractivity contribution in [1.82, 2.24) is 5.32 Å². The number of hydrogen-bond acceptors (Lipinski definition) is 4. The van der Waals surface area contributed by atoms with Gasteiger partial charge in [-0.1, -0.05) is 30.3 Å². The van der Waals surface area contributed by atoms with E-state index in [9.17, 15) is 9.90 Å². The van der Waals surface area contributed by atoms with Crippen molar-refractivity contribution in [2.45, 2.75) is 44.8 Å². The third kappa shape index (κ3) is 4.05. The monoisotopic (exact) mass is 279 g/mol. The highest BCUT2D eigenvalue weighted by Gasteiger charge is 2.36. The third-order valence-electron chi connectivity index (χ3n) is 3.97. The summed E-state index contributed by atoms with van der Waals surface area (Å²) >= 11 is 0. The lowest BCUT2D eigenvalue weighted by Gasteiger charge is -2.39. The van der Waals surface area contributed by atoms with Gasteiger partial charge in [0.05, 0.1) is 18.6 Å². The van der Waals surface area contributed by atoms with Gasteiger partial charge < -0.3 is 15.2 Å². The van der Waals surface area contributed by atoms with Gasteiger partial charge in [-0.25, -0.2) is 0 Å². The van der Waals surface area contributed by atoms with Crippen LogP contribution in [-0.4, -0.2) is 35.9 Å². The lowest BCUT2D eigenvalue weighted by Crippen LogP contribution is -2.57. The van der Waals surface area contributed by atoms with Gasteiger partial charge in [0.25, 0.3) is 0 Å². The van der Waals surface area contributed by atoms with Crippen LogP contribution >= 0.6 is 0 Å². The summed E-state index contributed by atoms with van der Waals surface area (Å²) in [6.45, 7) is 7.72. The van der Waals surface area contributed by atoms with Crippen LogP contribution in [0.4, 0.5) is 0 Å². The topological polar surface area (TPSA) is 58.6 Å². The zero-order valence-electron chi connectivity index (χ0n) is 12.9. The van der Waals surface area contributed by atoms with Crippen LogP contribution in [0, 0.1) is 0 Å². The Morgan fingerprint density at radius 2 is 1.80 bits per heavy atom. The number of benzene rings is 1. The molecule has 1 aromatic carbocycles. The lowest BCUT2D eigenvalue weighted by atomic mass is 9.85. The molecule has 1 aromatic rings. The van der Waals surface area contributed by atoms with E-state index < -0.39 is 11.1 Å². The molecule has 1 atom stereocenters. The largest absolute Gasteiger partial charge is 0.469 e. The van der Waals surface area contributed by atoms with Gasteiger partial charge in [-0.05, 0) is 33.3 Å². The molecule has 4 nitrogen and oxygen atoms in total. The molecule has 20 heavy (non-hydrogen) atoms. The molecule has 0 amide bonds. The molecule has 0 fully saturated rings. The van der Waals surface area contributed by atoms with Crippen molar-refractivity contribution in [2.24, 2.45) is 0 Å². The van der Waals surface area contributed by atoms with Crippen LogP contribution in [0.1, 0.15) is 39.2 Å². The quantitative estimate of drug-likeness (QED) is 0.783. The molecule has 0 aliphatic rings. The highest BCUT2D eigenvalue weighted by molar-refractivity contribution is 5.78. The van der Waals surface area contributed by atoms with Crippen molar-refractivity contribution in [3.63, 3.8) is 0 Å². The minimum Gasteiger partial charge on any atom is -0.469 e. The normalized spacial score (nSPS) is 13.9. The molecule has 0 aliphatic heterocycles. The summed E-state index contributed by atoms with van der Waals surface area (Å²) in [6.07, 6.45) is 0. The van der Waals surface area contributed by atoms with E-state index in [1.54, 1.807) is 13.8 Å². The molecule has 0 heterocycles. The number of esters is 1. The molecule has 0 aromatic heterocycles. The van der Waals surface area contributed by atoms with Gasteiger partial charge in [-0.3, -0.25) is 4.79 Å². The molecule has 0 aliphatic carbocycles. The Labute approximate surface area is 121 Å². The molecular formula is C16H25NO3. The van der Waals surface area contributed by atoms with Gasteiger partial charge in [0.1, 0.15) is 0 Å². The van der Waals surface area contributed by atoms with Crippen molar-refractivity contribution in [2.75, 3.05) is 13.7 Å². The number of carbonyl (C=O) groups excluding carboxylic acids is 1. The molecule has 1 unspecified atom stereocenters. The molecule has 0 spiro atoms. The smallest absolute Gasteiger partial charge is 0.314 e. The van der Waals surface area contributed by atoms with E-state index in [2.05, 4.69) is 5.32 Å². The number of methoxy groups -OCH3 is 1. The van der Waals surface area contributed by atoms with Gasteiger partial charge in [-0.15, -0.1) is 0 Å². The Hall–Kier alpha value is -1.39. The molecule has 4 heteroatoms. The fourth-order valence-corrected chi connectivity index (χ4v) is 1.74. The zero-order valence-corrected chi connectivity index (χ0v) is 12.9. The second-order valence-corrected chi connectivity index (χ2v) is 6.05. The fraction of sp³-hybridized carbons (Fsp3) is 0.562. The Morgan fingerprint density at radius 1 is 1.25 bits per heavy atom. The molecular weight excluding hydrogens is 254 g/mol. The average Bonchev–Trinajstić information content (AvgIpc) is 2.38. The van der Waals surface area contributed by atoms with Crippen LogP contribution < -0.4 is 5.32 Å². The van der Waals surface area contributed by atoms with Gasteiger partial charge in [-0.2, -0.15) is 0 Å². The first-order valence-corrected chi connectivity index (χ1v) is 6.79. The van der Waals surface area contributed by atoms with E-state index in [1.165, 1.54) is 7.11 Å². The second-order valence-electron chi connectivity index (χ2n) is 6.05. The standard InChI is InChI=1S/C16H25NO3/c1-15(2,16(3,4)19)17-11-13(14(18)20-5)12-9-7-6-8-10-12/h6-10,13,17,19H,11H2,1-5H3. The van der Waals surface area contributed by atoms with Crippen LogP contribution in [0.25, 0.3) is 0 Å². The molecule has 112 valence electrons. The zero-order chi connectivity index (χ0) is 15.4. The van der Waals surface area contributed by atoms with Crippen LogP contribution in [0.2, 0.25) is 0 Å². The SMILES string of the molecule is COC(=O)C(CNC(C)(C)C(C)(C)O)c1ccccc1. The maximum absolute atomic E-state index is 12.0. The summed E-state index contributed by atoms with van der Waals surface area (Å²) in [4.78, 5) is 12.0. The fourth-order valence-electron chi connectivity index (χ4n) is 1.74. The Balaban J connectivity index is 2.86. The van der Waals surface area contributed by atoms with Crippen LogP contribution in [-0.2, 0) is 9.53 Å². The Kier molecular flexibility index (Phi) is 5.31. The van der Waals surface area contributed by atoms with Crippen molar-refractivity contribution in [3.05, 3.63) is 35.9 Å². The van der Waals surface area contributed by atoms with E-state index in [4.69, 9.17) is 4.74 Å². The van der Waals surface area contributed by atoms with E-state index in [-0.39, 0.29) is 11.9 Å². The first-order valence-electron chi connectivity index (χ1n) is 6.79. The van der Waals surface area contributed by atoms with Gasteiger partial charge >= 0.3 is 5.97 Å². The first-order chi connectivity index (χ1) is 9.19. The van der Waals surface area contributed by atoms with Crippen molar-refractivity contribution < 1.29 is 14.6 Å². The number of nitrogens with one attached hydrogen (secondary N) is 1. The van der Waals surface area contributed by atoms with Gasteiger partial charge in [0.2, 0.25) is 0 Å². The maximum Gasteiger partial charge on any atom is 0.314 e. The van der Waals surface area contributed by atoms with E-state index in [0.717, 1.165) is 5.56 Å². The van der Waals surface area contributed by atoms with Crippen molar-refractivity contribution >= 4 is 5.97 Å². The summed E-state index contributed by atoms with van der Waals surface area (Å²) in [5.74, 6) is -0.668. The number of aliphatic hydroxyl groups is 1. The molecule has 0 saturated heterocycles. The summed E-state index contributed by atoms with van der Waals surface area (Å²) in [5, 5.41) is 13.4. The van der Waals surface area contributed by atoms with Crippen LogP contribution in [0.3, 0.4) is 0 Å². The molecule has 2 N–H and O–H groups in total. The number of rotatable bonds is 6. The maximum atomic E-state index is 12.0. The summed E-state index contributed by atoms with van der Waals surface area (Å²) in [5.41, 5.74) is -0.517. The van der Waals surface area contributed by atoms with E-state index >= 15 is 0 Å². The molecule has 0 saturated carbocycles. The highest BCUT2D eigenvalue weighted by Crippen LogP contribution is 2.23. The van der Waals surface area contributed by atoms with E-state index in [0.29, 0.717) is 6.54 Å². The average molecular weight is 279 g/mol. The highest BCUT2D eigenvalue weighted by atomic mass is 16.5. The lowest BCUT2D eigenvalue weighted by molar-refractivity contribution is -0.142. The minimum atomic E-state index is -0.898. The van der Waals surface area contributed by atoms with E-state index in [1.807, 2.05) is 44.2 Å². The summed E-state index contributed by atoms with van der Waals surface area (Å²) in [6, 6.07) is 9.51. The number of hydrogen-bond donors (Lipinski definition) is 2. The Morgan fingerprint density at radius 3 is 2.25 bits per heavy atom. The minimum absolute atomic E-state index is 0.282. The molecule has 0 bridgehead atoms. The van der Waals surface area contributed by atoms with Crippen LogP contribution in [0.15, 0.2) is 30.3 Å². The Bertz CT molecular complexity index is 435. The number of ether oxygens (including phenoxy) is 1. The predicted octanol–water partition coefficient (Wildman–Crippen LogP) is 2.08. The summed E-state index contributed by atoms with van der Waals surface area (Å²) in [7, 11) is 1.39. The van der Waals surface area contributed by atoms with Crippen molar-refractivity contribution in [3.8, 4) is 0 Å².